The first-order valence-corrected chi connectivity index (χ1v) is 10.7. The summed E-state index contributed by atoms with van der Waals surface area (Å²) in [6, 6.07) is 16.6. The Labute approximate surface area is 174 Å². The van der Waals surface area contributed by atoms with Crippen LogP contribution in [0.15, 0.2) is 65.2 Å². The lowest BCUT2D eigenvalue weighted by Gasteiger charge is -2.24. The first-order valence-electron chi connectivity index (χ1n) is 9.86. The third-order valence-corrected chi connectivity index (χ3v) is 6.55. The first-order chi connectivity index (χ1) is 13.6. The van der Waals surface area contributed by atoms with Crippen LogP contribution in [0.25, 0.3) is 0 Å². The zero-order valence-electron chi connectivity index (χ0n) is 16.0. The highest BCUT2D eigenvalue weighted by Gasteiger charge is 2.55. The molecule has 0 bridgehead atoms. The van der Waals surface area contributed by atoms with E-state index >= 15 is 0 Å². The van der Waals surface area contributed by atoms with E-state index in [4.69, 9.17) is 9.47 Å². The van der Waals surface area contributed by atoms with Gasteiger partial charge in [0, 0.05) is 5.92 Å². The number of esters is 1. The minimum atomic E-state index is -0.422. The third-order valence-electron chi connectivity index (χ3n) is 5.93. The molecule has 0 aromatic heterocycles. The predicted molar refractivity (Wildman–Crippen MR) is 113 cm³/mol. The number of cyclic esters (lactones) is 1. The number of benzene rings is 2. The SMILES string of the molecule is C=C1CC2COC(=O)C2(Cc2ccc(OCCCc3ccccc3)c(Br)c2)C1. The lowest BCUT2D eigenvalue weighted by Crippen LogP contribution is -2.31. The van der Waals surface area contributed by atoms with Crippen molar-refractivity contribution in [1.82, 2.24) is 0 Å². The van der Waals surface area contributed by atoms with Gasteiger partial charge in [0.2, 0.25) is 0 Å². The number of carbonyl (C=O) groups excluding carboxylic acids is 1. The van der Waals surface area contributed by atoms with Crippen molar-refractivity contribution in [3.05, 3.63) is 76.3 Å². The Morgan fingerprint density at radius 2 is 2.00 bits per heavy atom. The molecule has 4 rings (SSSR count). The van der Waals surface area contributed by atoms with Crippen LogP contribution in [0.2, 0.25) is 0 Å². The van der Waals surface area contributed by atoms with Gasteiger partial charge in [0.25, 0.3) is 0 Å². The van der Waals surface area contributed by atoms with Crippen molar-refractivity contribution in [2.45, 2.75) is 32.1 Å². The molecule has 28 heavy (non-hydrogen) atoms. The van der Waals surface area contributed by atoms with Gasteiger partial charge in [-0.1, -0.05) is 48.6 Å². The van der Waals surface area contributed by atoms with Crippen molar-refractivity contribution in [3.63, 3.8) is 0 Å². The van der Waals surface area contributed by atoms with Crippen LogP contribution in [0.5, 0.6) is 5.75 Å². The molecule has 1 saturated carbocycles. The van der Waals surface area contributed by atoms with E-state index in [1.54, 1.807) is 0 Å². The van der Waals surface area contributed by atoms with Crippen molar-refractivity contribution in [2.24, 2.45) is 11.3 Å². The molecule has 0 N–H and O–H groups in total. The molecule has 2 atom stereocenters. The van der Waals surface area contributed by atoms with E-state index in [1.807, 2.05) is 12.1 Å². The molecule has 0 spiro atoms. The molecule has 2 aromatic rings. The zero-order chi connectivity index (χ0) is 19.6. The van der Waals surface area contributed by atoms with Crippen LogP contribution in [-0.4, -0.2) is 19.2 Å². The number of carbonyl (C=O) groups is 1. The van der Waals surface area contributed by atoms with Crippen molar-refractivity contribution in [2.75, 3.05) is 13.2 Å². The summed E-state index contributed by atoms with van der Waals surface area (Å²) in [7, 11) is 0. The van der Waals surface area contributed by atoms with E-state index in [1.165, 1.54) is 11.1 Å². The fourth-order valence-electron chi connectivity index (χ4n) is 4.50. The molecule has 146 valence electrons. The molecule has 1 saturated heterocycles. The largest absolute Gasteiger partial charge is 0.492 e. The average Bonchev–Trinajstić information content (AvgIpc) is 3.15. The van der Waals surface area contributed by atoms with E-state index in [2.05, 4.69) is 58.9 Å². The van der Waals surface area contributed by atoms with Crippen LogP contribution in [-0.2, 0) is 22.4 Å². The van der Waals surface area contributed by atoms with Crippen molar-refractivity contribution < 1.29 is 14.3 Å². The summed E-state index contributed by atoms with van der Waals surface area (Å²) in [5, 5.41) is 0. The number of halogens is 1. The van der Waals surface area contributed by atoms with E-state index < -0.39 is 5.41 Å². The number of hydrogen-bond donors (Lipinski definition) is 0. The molecule has 2 aromatic carbocycles. The van der Waals surface area contributed by atoms with Crippen molar-refractivity contribution in [1.29, 1.82) is 0 Å². The first kappa shape index (κ1) is 19.3. The smallest absolute Gasteiger partial charge is 0.313 e. The summed E-state index contributed by atoms with van der Waals surface area (Å²) in [4.78, 5) is 12.5. The molecule has 0 amide bonds. The fourth-order valence-corrected chi connectivity index (χ4v) is 5.04. The van der Waals surface area contributed by atoms with Gasteiger partial charge in [-0.25, -0.2) is 0 Å². The topological polar surface area (TPSA) is 35.5 Å². The Morgan fingerprint density at radius 3 is 2.79 bits per heavy atom. The van der Waals surface area contributed by atoms with Crippen LogP contribution < -0.4 is 4.74 Å². The average molecular weight is 441 g/mol. The van der Waals surface area contributed by atoms with Gasteiger partial charge in [-0.2, -0.15) is 0 Å². The molecule has 2 aliphatic rings. The second-order valence-electron chi connectivity index (χ2n) is 7.96. The van der Waals surface area contributed by atoms with Crippen molar-refractivity contribution >= 4 is 21.9 Å². The Hall–Kier alpha value is -2.07. The number of ether oxygens (including phenoxy) is 2. The Balaban J connectivity index is 1.36. The summed E-state index contributed by atoms with van der Waals surface area (Å²) >= 11 is 3.63. The second-order valence-corrected chi connectivity index (χ2v) is 8.82. The summed E-state index contributed by atoms with van der Waals surface area (Å²) in [6.07, 6.45) is 4.31. The summed E-state index contributed by atoms with van der Waals surface area (Å²) in [6.45, 7) is 5.32. The van der Waals surface area contributed by atoms with Gasteiger partial charge in [0.15, 0.2) is 0 Å². The summed E-state index contributed by atoms with van der Waals surface area (Å²) in [5.41, 5.74) is 3.20. The van der Waals surface area contributed by atoms with Gasteiger partial charge in [0.05, 0.1) is 23.1 Å². The lowest BCUT2D eigenvalue weighted by atomic mass is 9.75. The monoisotopic (exact) mass is 440 g/mol. The normalized spacial score (nSPS) is 23.5. The minimum Gasteiger partial charge on any atom is -0.492 e. The molecule has 1 heterocycles. The molecule has 3 nitrogen and oxygen atoms in total. The van der Waals surface area contributed by atoms with Gasteiger partial charge in [-0.05, 0) is 71.3 Å². The van der Waals surface area contributed by atoms with Gasteiger partial charge >= 0.3 is 5.97 Å². The Kier molecular flexibility index (Phi) is 5.58. The molecule has 4 heteroatoms. The number of rotatable bonds is 7. The van der Waals surface area contributed by atoms with E-state index in [9.17, 15) is 4.79 Å². The number of aryl methyl sites for hydroxylation is 1. The van der Waals surface area contributed by atoms with Gasteiger partial charge in [-0.15, -0.1) is 0 Å². The van der Waals surface area contributed by atoms with Crippen molar-refractivity contribution in [3.8, 4) is 5.75 Å². The van der Waals surface area contributed by atoms with Crippen LogP contribution in [0, 0.1) is 11.3 Å². The molecule has 1 aliphatic carbocycles. The van der Waals surface area contributed by atoms with Crippen LogP contribution in [0.4, 0.5) is 0 Å². The second kappa shape index (κ2) is 8.12. The molecule has 2 unspecified atom stereocenters. The third kappa shape index (κ3) is 3.88. The van der Waals surface area contributed by atoms with E-state index in [0.717, 1.165) is 41.5 Å². The standard InChI is InChI=1S/C24H25BrO3/c1-17-12-20-16-28-23(26)24(20,14-17)15-19-9-10-22(21(25)13-19)27-11-5-8-18-6-3-2-4-7-18/h2-4,6-7,9-10,13,20H,1,5,8,11-12,14-16H2. The van der Waals surface area contributed by atoms with E-state index in [0.29, 0.717) is 19.6 Å². The zero-order valence-corrected chi connectivity index (χ0v) is 17.5. The molecular formula is C24H25BrO3. The maximum absolute atomic E-state index is 12.5. The predicted octanol–water partition coefficient (Wildman–Crippen LogP) is 5.51. The van der Waals surface area contributed by atoms with Gasteiger partial charge in [0.1, 0.15) is 5.75 Å². The maximum atomic E-state index is 12.5. The molecule has 2 fully saturated rings. The fraction of sp³-hybridized carbons (Fsp3) is 0.375. The van der Waals surface area contributed by atoms with Gasteiger partial charge < -0.3 is 9.47 Å². The number of hydrogen-bond acceptors (Lipinski definition) is 3. The Bertz CT molecular complexity index is 877. The summed E-state index contributed by atoms with van der Waals surface area (Å²) < 4.78 is 12.3. The number of fused-ring (bicyclic) bond motifs is 1. The van der Waals surface area contributed by atoms with E-state index in [-0.39, 0.29) is 11.9 Å². The highest BCUT2D eigenvalue weighted by Crippen LogP contribution is 2.52. The van der Waals surface area contributed by atoms with Crippen LogP contribution in [0.1, 0.15) is 30.4 Å². The highest BCUT2D eigenvalue weighted by molar-refractivity contribution is 9.10. The molecular weight excluding hydrogens is 416 g/mol. The van der Waals surface area contributed by atoms with Crippen LogP contribution in [0.3, 0.4) is 0 Å². The quantitative estimate of drug-likeness (QED) is 0.323. The Morgan fingerprint density at radius 1 is 1.18 bits per heavy atom. The lowest BCUT2D eigenvalue weighted by molar-refractivity contribution is -0.146. The highest BCUT2D eigenvalue weighted by atomic mass is 79.9. The minimum absolute atomic E-state index is 0.0616. The molecule has 0 radical (unpaired) electrons. The number of allylic oxidation sites excluding steroid dienone is 1. The summed E-state index contributed by atoms with van der Waals surface area (Å²) in [5.74, 6) is 1.05. The maximum Gasteiger partial charge on any atom is 0.313 e. The molecule has 1 aliphatic heterocycles. The van der Waals surface area contributed by atoms with Crippen LogP contribution >= 0.6 is 15.9 Å². The van der Waals surface area contributed by atoms with Gasteiger partial charge in [-0.3, -0.25) is 4.79 Å².